The number of fused-ring (bicyclic) bond motifs is 5. The Morgan fingerprint density at radius 2 is 1.53 bits per heavy atom. The Hall–Kier alpha value is -4.99. The van der Waals surface area contributed by atoms with Gasteiger partial charge in [-0.2, -0.15) is 0 Å². The molecule has 0 fully saturated rings. The van der Waals surface area contributed by atoms with Crippen molar-refractivity contribution in [3.05, 3.63) is 150 Å². The Kier molecular flexibility index (Phi) is 7.57. The Morgan fingerprint density at radius 3 is 2.37 bits per heavy atom. The standard InChI is InChI=1S/C43H34N3O2.Pt/c1-43(2,3)30-19-21-31(22-20-30)46-36-17-9-16-32(38(36)44-41(46)35-23-18-26-10-4-7-15-34(26)40(35)47)27-12-8-13-29(24-27)42-45-39-33-14-6-5-11-28(33)25-37(39)48-42;/h4-23,37,39,47H,25H2,1-3H3;/q-1;/t37-,39+;/m0./s1. The van der Waals surface area contributed by atoms with Crippen LogP contribution in [0.5, 0.6) is 5.75 Å². The first-order valence-corrected chi connectivity index (χ1v) is 16.5. The molecule has 6 aromatic carbocycles. The van der Waals surface area contributed by atoms with Gasteiger partial charge in [0.25, 0.3) is 0 Å². The molecule has 0 amide bonds. The van der Waals surface area contributed by atoms with E-state index in [2.05, 4.69) is 104 Å². The number of ether oxygens (including phenoxy) is 1. The molecular weight excluding hydrogens is 786 g/mol. The monoisotopic (exact) mass is 819 g/mol. The molecule has 2 atom stereocenters. The van der Waals surface area contributed by atoms with Crippen LogP contribution in [-0.4, -0.2) is 26.7 Å². The van der Waals surface area contributed by atoms with Crippen molar-refractivity contribution in [3.63, 3.8) is 0 Å². The summed E-state index contributed by atoms with van der Waals surface area (Å²) in [6.07, 6.45) is 0.890. The van der Waals surface area contributed by atoms with E-state index in [9.17, 15) is 5.11 Å². The topological polar surface area (TPSA) is 59.6 Å². The molecule has 2 heterocycles. The number of hydrogen-bond acceptors (Lipinski definition) is 4. The van der Waals surface area contributed by atoms with Gasteiger partial charge in [0.15, 0.2) is 0 Å². The van der Waals surface area contributed by atoms with Gasteiger partial charge in [0.2, 0.25) is 0 Å². The van der Waals surface area contributed by atoms with Gasteiger partial charge >= 0.3 is 0 Å². The number of aromatic nitrogens is 2. The maximum Gasteiger partial charge on any atom is 0.148 e. The number of aromatic hydroxyl groups is 1. The van der Waals surface area contributed by atoms with E-state index in [0.29, 0.717) is 17.3 Å². The molecule has 5 nitrogen and oxygen atoms in total. The molecule has 0 saturated heterocycles. The van der Waals surface area contributed by atoms with E-state index >= 15 is 0 Å². The van der Waals surface area contributed by atoms with Gasteiger partial charge in [-0.25, -0.2) is 4.98 Å². The third kappa shape index (κ3) is 5.19. The molecule has 9 rings (SSSR count). The Balaban J connectivity index is 0.00000348. The fourth-order valence-corrected chi connectivity index (χ4v) is 7.28. The van der Waals surface area contributed by atoms with Crippen LogP contribution in [-0.2, 0) is 37.6 Å². The first-order chi connectivity index (χ1) is 23.3. The van der Waals surface area contributed by atoms with Gasteiger partial charge in [-0.05, 0) is 51.8 Å². The number of benzene rings is 6. The second kappa shape index (κ2) is 11.9. The molecule has 49 heavy (non-hydrogen) atoms. The Bertz CT molecular complexity index is 2420. The molecule has 0 spiro atoms. The second-order valence-corrected chi connectivity index (χ2v) is 13.8. The molecule has 0 saturated carbocycles. The van der Waals surface area contributed by atoms with Crippen LogP contribution in [0.1, 0.15) is 49.1 Å². The van der Waals surface area contributed by atoms with Gasteiger partial charge < -0.3 is 9.84 Å². The minimum Gasteiger partial charge on any atom is -0.507 e. The summed E-state index contributed by atoms with van der Waals surface area (Å²) in [6, 6.07) is 45.1. The molecule has 1 aromatic heterocycles. The smallest absolute Gasteiger partial charge is 0.148 e. The van der Waals surface area contributed by atoms with E-state index in [1.807, 2.05) is 48.5 Å². The average Bonchev–Trinajstić information content (AvgIpc) is 3.80. The van der Waals surface area contributed by atoms with E-state index in [-0.39, 0.29) is 44.4 Å². The summed E-state index contributed by atoms with van der Waals surface area (Å²) in [7, 11) is 0. The van der Waals surface area contributed by atoms with Crippen LogP contribution in [0.4, 0.5) is 0 Å². The third-order valence-corrected chi connectivity index (χ3v) is 9.80. The second-order valence-electron chi connectivity index (χ2n) is 13.8. The minimum absolute atomic E-state index is 0. The van der Waals surface area contributed by atoms with Crippen molar-refractivity contribution >= 4 is 27.7 Å². The van der Waals surface area contributed by atoms with Crippen LogP contribution in [0.3, 0.4) is 0 Å². The third-order valence-electron chi connectivity index (χ3n) is 9.80. The number of hydrogen-bond donors (Lipinski definition) is 1. The summed E-state index contributed by atoms with van der Waals surface area (Å²) in [5, 5.41) is 13.4. The number of nitrogens with zero attached hydrogens (tertiary/aromatic N) is 3. The predicted octanol–water partition coefficient (Wildman–Crippen LogP) is 9.76. The molecule has 0 unspecified atom stereocenters. The summed E-state index contributed by atoms with van der Waals surface area (Å²) >= 11 is 0. The molecule has 1 aliphatic carbocycles. The van der Waals surface area contributed by atoms with Crippen LogP contribution < -0.4 is 0 Å². The zero-order valence-corrected chi connectivity index (χ0v) is 29.7. The van der Waals surface area contributed by atoms with Crippen molar-refractivity contribution in [1.29, 1.82) is 0 Å². The largest absolute Gasteiger partial charge is 0.507 e. The number of imidazole rings is 1. The van der Waals surface area contributed by atoms with Crippen LogP contribution in [0.15, 0.2) is 126 Å². The summed E-state index contributed by atoms with van der Waals surface area (Å²) in [5.74, 6) is 1.53. The van der Waals surface area contributed by atoms with Crippen molar-refractivity contribution < 1.29 is 30.9 Å². The Morgan fingerprint density at radius 1 is 0.776 bits per heavy atom. The van der Waals surface area contributed by atoms with E-state index in [4.69, 9.17) is 14.7 Å². The number of phenolic OH excluding ortho intramolecular Hbond substituents is 1. The van der Waals surface area contributed by atoms with Crippen molar-refractivity contribution in [1.82, 2.24) is 9.55 Å². The predicted molar refractivity (Wildman–Crippen MR) is 193 cm³/mol. The minimum atomic E-state index is 0. The maximum atomic E-state index is 11.6. The van der Waals surface area contributed by atoms with Crippen LogP contribution in [0.2, 0.25) is 0 Å². The van der Waals surface area contributed by atoms with Gasteiger partial charge in [-0.3, -0.25) is 9.56 Å². The average molecular weight is 820 g/mol. The van der Waals surface area contributed by atoms with E-state index in [1.54, 1.807) is 0 Å². The van der Waals surface area contributed by atoms with Crippen LogP contribution in [0.25, 0.3) is 50.0 Å². The summed E-state index contributed by atoms with van der Waals surface area (Å²) in [6.45, 7) is 6.66. The molecule has 244 valence electrons. The number of para-hydroxylation sites is 1. The molecule has 1 N–H and O–H groups in total. The molecule has 1 aliphatic heterocycles. The van der Waals surface area contributed by atoms with Crippen molar-refractivity contribution in [2.75, 3.05) is 0 Å². The summed E-state index contributed by atoms with van der Waals surface area (Å²) in [4.78, 5) is 10.3. The fraction of sp³-hybridized carbons (Fsp3) is 0.163. The molecular formula is C43H34N3O2Pt-. The summed E-state index contributed by atoms with van der Waals surface area (Å²) < 4.78 is 8.58. The number of phenols is 1. The molecule has 7 aromatic rings. The molecule has 2 aliphatic rings. The first-order valence-electron chi connectivity index (χ1n) is 16.5. The normalized spacial score (nSPS) is 16.6. The molecule has 0 radical (unpaired) electrons. The number of rotatable bonds is 4. The van der Waals surface area contributed by atoms with Gasteiger partial charge in [-0.15, -0.1) is 29.8 Å². The van der Waals surface area contributed by atoms with Gasteiger partial charge in [-0.1, -0.05) is 111 Å². The summed E-state index contributed by atoms with van der Waals surface area (Å²) in [5.41, 5.74) is 9.96. The van der Waals surface area contributed by atoms with Gasteiger partial charge in [0.05, 0.1) is 16.6 Å². The molecule has 0 bridgehead atoms. The quantitative estimate of drug-likeness (QED) is 0.180. The van der Waals surface area contributed by atoms with Crippen molar-refractivity contribution in [2.45, 2.75) is 44.8 Å². The van der Waals surface area contributed by atoms with E-state index in [0.717, 1.165) is 50.6 Å². The van der Waals surface area contributed by atoms with Gasteiger partial charge in [0.1, 0.15) is 29.6 Å². The zero-order chi connectivity index (χ0) is 32.6. The van der Waals surface area contributed by atoms with E-state index < -0.39 is 0 Å². The zero-order valence-electron chi connectivity index (χ0n) is 27.4. The van der Waals surface area contributed by atoms with Crippen LogP contribution in [0, 0.1) is 6.07 Å². The van der Waals surface area contributed by atoms with Crippen molar-refractivity contribution in [3.8, 4) is 34.0 Å². The van der Waals surface area contributed by atoms with E-state index in [1.165, 1.54) is 16.7 Å². The van der Waals surface area contributed by atoms with Crippen LogP contribution >= 0.6 is 0 Å². The molecule has 6 heteroatoms. The first kappa shape index (κ1) is 31.3. The fourth-order valence-electron chi connectivity index (χ4n) is 7.28. The number of aliphatic imine (C=N–C) groups is 1. The Labute approximate surface area is 300 Å². The van der Waals surface area contributed by atoms with Crippen molar-refractivity contribution in [2.24, 2.45) is 4.99 Å². The van der Waals surface area contributed by atoms with Gasteiger partial charge in [0, 0.05) is 38.6 Å². The maximum absolute atomic E-state index is 11.6. The SMILES string of the molecule is CC(C)(C)c1ccc(-n2c(-c3ccc4ccccc4c3O)nc3c(-c4[c-]c(C5=N[C@@H]6c7ccccc7C[C@@H]6O5)ccc4)cccc32)cc1.[Pt].